The van der Waals surface area contributed by atoms with Crippen LogP contribution in [0.1, 0.15) is 42.5 Å². The van der Waals surface area contributed by atoms with Gasteiger partial charge in [0.05, 0.1) is 23.9 Å². The first kappa shape index (κ1) is 12.9. The molecule has 6 nitrogen and oxygen atoms in total. The predicted octanol–water partition coefficient (Wildman–Crippen LogP) is 2.00. The molecule has 1 unspecified atom stereocenters. The molecule has 0 bridgehead atoms. The number of aryl methyl sites for hydroxylation is 1. The number of nitrogens with one attached hydrogen (secondary N) is 1. The monoisotopic (exact) mass is 274 g/mol. The second-order valence-electron chi connectivity index (χ2n) is 5.22. The Bertz CT molecular complexity index is 576. The minimum atomic E-state index is 0.0950. The summed E-state index contributed by atoms with van der Waals surface area (Å²) in [5, 5.41) is 10.9. The SMILES string of the molecule is Cc1cc(CC(=O)N2CCCCC2c2ccn[nH]2)no1. The van der Waals surface area contributed by atoms with Crippen LogP contribution in [0.25, 0.3) is 0 Å². The first-order valence-corrected chi connectivity index (χ1v) is 6.95. The summed E-state index contributed by atoms with van der Waals surface area (Å²) >= 11 is 0. The maximum Gasteiger partial charge on any atom is 0.229 e. The Morgan fingerprint density at radius 3 is 3.15 bits per heavy atom. The number of aromatic amines is 1. The van der Waals surface area contributed by atoms with Crippen molar-refractivity contribution in [2.45, 2.75) is 38.6 Å². The Morgan fingerprint density at radius 2 is 2.45 bits per heavy atom. The second kappa shape index (κ2) is 5.48. The molecule has 3 heterocycles. The van der Waals surface area contributed by atoms with Crippen LogP contribution in [0.3, 0.4) is 0 Å². The number of piperidine rings is 1. The van der Waals surface area contributed by atoms with E-state index in [0.717, 1.165) is 37.3 Å². The molecule has 3 rings (SSSR count). The number of aromatic nitrogens is 3. The zero-order valence-corrected chi connectivity index (χ0v) is 11.5. The maximum absolute atomic E-state index is 12.5. The number of carbonyl (C=O) groups excluding carboxylic acids is 1. The molecule has 2 aromatic heterocycles. The summed E-state index contributed by atoms with van der Waals surface area (Å²) < 4.78 is 5.01. The van der Waals surface area contributed by atoms with Gasteiger partial charge in [0.15, 0.2) is 0 Å². The molecule has 106 valence electrons. The molecule has 0 spiro atoms. The van der Waals surface area contributed by atoms with Crippen molar-refractivity contribution in [2.24, 2.45) is 0 Å². The number of nitrogens with zero attached hydrogens (tertiary/aromatic N) is 3. The van der Waals surface area contributed by atoms with Crippen LogP contribution in [0.15, 0.2) is 22.9 Å². The van der Waals surface area contributed by atoms with Crippen molar-refractivity contribution in [3.63, 3.8) is 0 Å². The number of carbonyl (C=O) groups is 1. The van der Waals surface area contributed by atoms with Crippen LogP contribution in [0.4, 0.5) is 0 Å². The molecule has 0 aromatic carbocycles. The minimum Gasteiger partial charge on any atom is -0.361 e. The van der Waals surface area contributed by atoms with Crippen LogP contribution < -0.4 is 0 Å². The Morgan fingerprint density at radius 1 is 1.55 bits per heavy atom. The maximum atomic E-state index is 12.5. The molecule has 1 amide bonds. The van der Waals surface area contributed by atoms with Gasteiger partial charge in [0, 0.05) is 18.8 Å². The lowest BCUT2D eigenvalue weighted by atomic mass is 9.99. The predicted molar refractivity (Wildman–Crippen MR) is 71.8 cm³/mol. The molecule has 1 aliphatic rings. The van der Waals surface area contributed by atoms with Crippen LogP contribution in [-0.4, -0.2) is 32.7 Å². The molecule has 1 N–H and O–H groups in total. The summed E-state index contributed by atoms with van der Waals surface area (Å²) in [5.74, 6) is 0.828. The van der Waals surface area contributed by atoms with Gasteiger partial charge in [-0.2, -0.15) is 5.10 Å². The molecule has 0 aliphatic carbocycles. The van der Waals surface area contributed by atoms with Gasteiger partial charge >= 0.3 is 0 Å². The lowest BCUT2D eigenvalue weighted by molar-refractivity contribution is -0.134. The highest BCUT2D eigenvalue weighted by Gasteiger charge is 2.29. The van der Waals surface area contributed by atoms with Crippen LogP contribution in [0.5, 0.6) is 0 Å². The van der Waals surface area contributed by atoms with Crippen molar-refractivity contribution < 1.29 is 9.32 Å². The van der Waals surface area contributed by atoms with E-state index >= 15 is 0 Å². The summed E-state index contributed by atoms with van der Waals surface area (Å²) in [6.07, 6.45) is 5.19. The van der Waals surface area contributed by atoms with Crippen LogP contribution in [0, 0.1) is 6.92 Å². The van der Waals surface area contributed by atoms with Crippen molar-refractivity contribution in [2.75, 3.05) is 6.54 Å². The van der Waals surface area contributed by atoms with Gasteiger partial charge in [-0.15, -0.1) is 0 Å². The van der Waals surface area contributed by atoms with Crippen molar-refractivity contribution in [1.29, 1.82) is 0 Å². The quantitative estimate of drug-likeness (QED) is 0.929. The van der Waals surface area contributed by atoms with E-state index in [2.05, 4.69) is 15.4 Å². The second-order valence-corrected chi connectivity index (χ2v) is 5.22. The highest BCUT2D eigenvalue weighted by atomic mass is 16.5. The van der Waals surface area contributed by atoms with E-state index in [-0.39, 0.29) is 11.9 Å². The number of hydrogen-bond acceptors (Lipinski definition) is 4. The third-order valence-electron chi connectivity index (χ3n) is 3.71. The fourth-order valence-electron chi connectivity index (χ4n) is 2.76. The first-order chi connectivity index (χ1) is 9.74. The molecule has 2 aromatic rings. The molecule has 20 heavy (non-hydrogen) atoms. The van der Waals surface area contributed by atoms with Gasteiger partial charge in [-0.05, 0) is 32.3 Å². The van der Waals surface area contributed by atoms with Gasteiger partial charge < -0.3 is 9.42 Å². The molecular formula is C14H18N4O2. The van der Waals surface area contributed by atoms with E-state index in [0.29, 0.717) is 12.1 Å². The van der Waals surface area contributed by atoms with Gasteiger partial charge in [0.25, 0.3) is 0 Å². The third-order valence-corrected chi connectivity index (χ3v) is 3.71. The zero-order chi connectivity index (χ0) is 13.9. The summed E-state index contributed by atoms with van der Waals surface area (Å²) in [7, 11) is 0. The Kier molecular flexibility index (Phi) is 3.54. The smallest absolute Gasteiger partial charge is 0.229 e. The summed E-state index contributed by atoms with van der Waals surface area (Å²) in [6, 6.07) is 3.86. The van der Waals surface area contributed by atoms with Crippen molar-refractivity contribution in [1.82, 2.24) is 20.3 Å². The van der Waals surface area contributed by atoms with Gasteiger partial charge in [-0.3, -0.25) is 9.89 Å². The molecule has 1 saturated heterocycles. The molecule has 1 fully saturated rings. The number of H-pyrrole nitrogens is 1. The highest BCUT2D eigenvalue weighted by molar-refractivity contribution is 5.78. The normalized spacial score (nSPS) is 19.2. The number of rotatable bonds is 3. The molecule has 1 aliphatic heterocycles. The number of likely N-dealkylation sites (tertiary alicyclic amines) is 1. The topological polar surface area (TPSA) is 75.0 Å². The van der Waals surface area contributed by atoms with E-state index in [1.807, 2.05) is 24.0 Å². The van der Waals surface area contributed by atoms with E-state index < -0.39 is 0 Å². The van der Waals surface area contributed by atoms with Crippen molar-refractivity contribution in [3.05, 3.63) is 35.5 Å². The van der Waals surface area contributed by atoms with Crippen LogP contribution in [0.2, 0.25) is 0 Å². The van der Waals surface area contributed by atoms with Crippen molar-refractivity contribution in [3.8, 4) is 0 Å². The summed E-state index contributed by atoms with van der Waals surface area (Å²) in [5.41, 5.74) is 1.70. The molecule has 0 saturated carbocycles. The van der Waals surface area contributed by atoms with Gasteiger partial charge in [-0.25, -0.2) is 0 Å². The highest BCUT2D eigenvalue weighted by Crippen LogP contribution is 2.30. The largest absolute Gasteiger partial charge is 0.361 e. The Hall–Kier alpha value is -2.11. The van der Waals surface area contributed by atoms with Crippen LogP contribution >= 0.6 is 0 Å². The van der Waals surface area contributed by atoms with E-state index in [1.54, 1.807) is 6.20 Å². The average molecular weight is 274 g/mol. The number of amides is 1. The zero-order valence-electron chi connectivity index (χ0n) is 11.5. The third kappa shape index (κ3) is 2.59. The van der Waals surface area contributed by atoms with Gasteiger partial charge in [0.1, 0.15) is 5.76 Å². The van der Waals surface area contributed by atoms with E-state index in [9.17, 15) is 4.79 Å². The minimum absolute atomic E-state index is 0.0950. The van der Waals surface area contributed by atoms with E-state index in [1.165, 1.54) is 0 Å². The fourth-order valence-corrected chi connectivity index (χ4v) is 2.76. The lowest BCUT2D eigenvalue weighted by Crippen LogP contribution is -2.39. The number of hydrogen-bond donors (Lipinski definition) is 1. The standard InChI is InChI=1S/C14H18N4O2/c1-10-8-11(17-20-10)9-14(19)18-7-3-2-4-13(18)12-5-6-15-16-12/h5-6,8,13H,2-4,7,9H2,1H3,(H,15,16). The molecular weight excluding hydrogens is 256 g/mol. The fraction of sp³-hybridized carbons (Fsp3) is 0.500. The first-order valence-electron chi connectivity index (χ1n) is 6.95. The molecule has 6 heteroatoms. The average Bonchev–Trinajstić information content (AvgIpc) is 3.10. The Labute approximate surface area is 117 Å². The van der Waals surface area contributed by atoms with E-state index in [4.69, 9.17) is 4.52 Å². The molecule has 1 atom stereocenters. The summed E-state index contributed by atoms with van der Waals surface area (Å²) in [6.45, 7) is 2.62. The summed E-state index contributed by atoms with van der Waals surface area (Å²) in [4.78, 5) is 14.4. The van der Waals surface area contributed by atoms with Crippen LogP contribution in [-0.2, 0) is 11.2 Å². The van der Waals surface area contributed by atoms with Crippen molar-refractivity contribution >= 4 is 5.91 Å². The Balaban J connectivity index is 1.74. The lowest BCUT2D eigenvalue weighted by Gasteiger charge is -2.35. The van der Waals surface area contributed by atoms with Gasteiger partial charge in [0.2, 0.25) is 5.91 Å². The van der Waals surface area contributed by atoms with Gasteiger partial charge in [-0.1, -0.05) is 5.16 Å². The molecule has 0 radical (unpaired) electrons.